The van der Waals surface area contributed by atoms with Crippen LogP contribution >= 0.6 is 0 Å². The SMILES string of the molecule is C=CCC1(C#N)Cc2cc(OC)c(OC)cc2C(c2ccc(OC)c(OC)c2)=C1C. The van der Waals surface area contributed by atoms with Crippen molar-refractivity contribution in [2.45, 2.75) is 19.8 Å². The zero-order valence-corrected chi connectivity index (χ0v) is 18.2. The third-order valence-corrected chi connectivity index (χ3v) is 5.84. The molecule has 0 aromatic heterocycles. The number of methoxy groups -OCH3 is 4. The normalized spacial score (nSPS) is 17.6. The van der Waals surface area contributed by atoms with Gasteiger partial charge < -0.3 is 18.9 Å². The average Bonchev–Trinajstić information content (AvgIpc) is 2.78. The number of allylic oxidation sites excluding steroid dienone is 2. The van der Waals surface area contributed by atoms with Gasteiger partial charge in [-0.15, -0.1) is 6.58 Å². The van der Waals surface area contributed by atoms with Gasteiger partial charge in [-0.25, -0.2) is 0 Å². The number of benzene rings is 2. The minimum absolute atomic E-state index is 0.555. The lowest BCUT2D eigenvalue weighted by atomic mass is 9.66. The molecular formula is C25H27NO4. The zero-order chi connectivity index (χ0) is 21.9. The first kappa shape index (κ1) is 21.3. The lowest BCUT2D eigenvalue weighted by molar-refractivity contribution is 0.353. The maximum absolute atomic E-state index is 10.2. The van der Waals surface area contributed by atoms with E-state index in [0.717, 1.165) is 27.8 Å². The van der Waals surface area contributed by atoms with E-state index in [2.05, 4.69) is 12.6 Å². The summed E-state index contributed by atoms with van der Waals surface area (Å²) in [4.78, 5) is 0. The third-order valence-electron chi connectivity index (χ3n) is 5.84. The summed E-state index contributed by atoms with van der Waals surface area (Å²) in [6.07, 6.45) is 2.94. The molecule has 156 valence electrons. The molecule has 0 amide bonds. The summed E-state index contributed by atoms with van der Waals surface area (Å²) in [5.41, 5.74) is 4.30. The molecule has 30 heavy (non-hydrogen) atoms. The van der Waals surface area contributed by atoms with Crippen molar-refractivity contribution in [2.75, 3.05) is 28.4 Å². The molecule has 0 saturated carbocycles. The first-order chi connectivity index (χ1) is 14.5. The van der Waals surface area contributed by atoms with E-state index in [4.69, 9.17) is 18.9 Å². The van der Waals surface area contributed by atoms with Gasteiger partial charge in [0, 0.05) is 0 Å². The minimum Gasteiger partial charge on any atom is -0.493 e. The predicted octanol–water partition coefficient (Wildman–Crippen LogP) is 5.18. The van der Waals surface area contributed by atoms with E-state index in [0.29, 0.717) is 35.8 Å². The highest BCUT2D eigenvalue weighted by Crippen LogP contribution is 2.50. The largest absolute Gasteiger partial charge is 0.493 e. The Bertz CT molecular complexity index is 1050. The van der Waals surface area contributed by atoms with Crippen LogP contribution in [0.2, 0.25) is 0 Å². The molecule has 0 aliphatic heterocycles. The van der Waals surface area contributed by atoms with E-state index in [-0.39, 0.29) is 0 Å². The summed E-state index contributed by atoms with van der Waals surface area (Å²) in [5, 5.41) is 10.2. The van der Waals surface area contributed by atoms with Crippen LogP contribution in [-0.2, 0) is 6.42 Å². The quantitative estimate of drug-likeness (QED) is 0.594. The van der Waals surface area contributed by atoms with Crippen LogP contribution in [0.15, 0.2) is 48.6 Å². The van der Waals surface area contributed by atoms with Gasteiger partial charge in [0.2, 0.25) is 0 Å². The standard InChI is InChI=1S/C25H27NO4/c1-7-10-25(15-26)14-18-12-22(29-5)23(30-6)13-19(18)24(16(25)2)17-8-9-20(27-3)21(11-17)28-4/h7-9,11-13H,1,10,14H2,2-6H3. The van der Waals surface area contributed by atoms with Crippen molar-refractivity contribution < 1.29 is 18.9 Å². The summed E-state index contributed by atoms with van der Waals surface area (Å²) in [5.74, 6) is 2.58. The van der Waals surface area contributed by atoms with Gasteiger partial charge in [0.05, 0.1) is 39.9 Å². The molecule has 3 rings (SSSR count). The van der Waals surface area contributed by atoms with Crippen molar-refractivity contribution >= 4 is 5.57 Å². The number of fused-ring (bicyclic) bond motifs is 1. The maximum Gasteiger partial charge on any atom is 0.161 e. The topological polar surface area (TPSA) is 60.7 Å². The van der Waals surface area contributed by atoms with Crippen LogP contribution < -0.4 is 18.9 Å². The Labute approximate surface area is 178 Å². The van der Waals surface area contributed by atoms with E-state index < -0.39 is 5.41 Å². The zero-order valence-electron chi connectivity index (χ0n) is 18.2. The number of rotatable bonds is 7. The average molecular weight is 405 g/mol. The van der Waals surface area contributed by atoms with Crippen molar-refractivity contribution in [2.24, 2.45) is 5.41 Å². The molecule has 0 radical (unpaired) electrons. The Kier molecular flexibility index (Phi) is 6.07. The smallest absolute Gasteiger partial charge is 0.161 e. The highest BCUT2D eigenvalue weighted by molar-refractivity contribution is 5.88. The number of ether oxygens (including phenoxy) is 4. The molecule has 5 heteroatoms. The number of nitriles is 1. The van der Waals surface area contributed by atoms with E-state index in [1.165, 1.54) is 0 Å². The highest BCUT2D eigenvalue weighted by Gasteiger charge is 2.39. The first-order valence-electron chi connectivity index (χ1n) is 9.69. The predicted molar refractivity (Wildman–Crippen MR) is 117 cm³/mol. The van der Waals surface area contributed by atoms with Gasteiger partial charge in [0.25, 0.3) is 0 Å². The Morgan fingerprint density at radius 2 is 1.57 bits per heavy atom. The van der Waals surface area contributed by atoms with Crippen LogP contribution in [0.3, 0.4) is 0 Å². The molecule has 5 nitrogen and oxygen atoms in total. The van der Waals surface area contributed by atoms with Gasteiger partial charge in [0.1, 0.15) is 0 Å². The van der Waals surface area contributed by atoms with Crippen molar-refractivity contribution in [3.63, 3.8) is 0 Å². The van der Waals surface area contributed by atoms with E-state index >= 15 is 0 Å². The Balaban J connectivity index is 2.36. The fourth-order valence-corrected chi connectivity index (χ4v) is 4.20. The molecule has 1 unspecified atom stereocenters. The van der Waals surface area contributed by atoms with Crippen molar-refractivity contribution in [1.29, 1.82) is 5.26 Å². The number of nitrogens with zero attached hydrogens (tertiary/aromatic N) is 1. The molecule has 1 atom stereocenters. The van der Waals surface area contributed by atoms with Gasteiger partial charge in [-0.3, -0.25) is 0 Å². The Morgan fingerprint density at radius 1 is 0.967 bits per heavy atom. The molecule has 0 spiro atoms. The molecular weight excluding hydrogens is 378 g/mol. The lowest BCUT2D eigenvalue weighted by Crippen LogP contribution is -2.28. The van der Waals surface area contributed by atoms with Crippen LogP contribution in [0, 0.1) is 16.7 Å². The van der Waals surface area contributed by atoms with Crippen molar-refractivity contribution in [1.82, 2.24) is 0 Å². The summed E-state index contributed by atoms with van der Waals surface area (Å²) in [7, 11) is 6.46. The van der Waals surface area contributed by atoms with Crippen molar-refractivity contribution in [3.8, 4) is 29.1 Å². The summed E-state index contributed by atoms with van der Waals surface area (Å²) in [6.45, 7) is 5.92. The van der Waals surface area contributed by atoms with E-state index in [9.17, 15) is 5.26 Å². The van der Waals surface area contributed by atoms with Gasteiger partial charge in [0.15, 0.2) is 23.0 Å². The molecule has 2 aromatic carbocycles. The fourth-order valence-electron chi connectivity index (χ4n) is 4.20. The van der Waals surface area contributed by atoms with Gasteiger partial charge in [-0.1, -0.05) is 12.1 Å². The summed E-state index contributed by atoms with van der Waals surface area (Å²) < 4.78 is 22.0. The van der Waals surface area contributed by atoms with E-state index in [1.54, 1.807) is 28.4 Å². The van der Waals surface area contributed by atoms with Crippen LogP contribution in [0.25, 0.3) is 5.57 Å². The van der Waals surface area contributed by atoms with E-state index in [1.807, 2.05) is 43.3 Å². The Hall–Kier alpha value is -3.39. The fraction of sp³-hybridized carbons (Fsp3) is 0.320. The molecule has 0 fully saturated rings. The molecule has 2 aromatic rings. The summed E-state index contributed by atoms with van der Waals surface area (Å²) >= 11 is 0. The molecule has 1 aliphatic carbocycles. The lowest BCUT2D eigenvalue weighted by Gasteiger charge is -2.35. The second kappa shape index (κ2) is 8.54. The highest BCUT2D eigenvalue weighted by atomic mass is 16.5. The van der Waals surface area contributed by atoms with Gasteiger partial charge >= 0.3 is 0 Å². The maximum atomic E-state index is 10.2. The van der Waals surface area contributed by atoms with Crippen LogP contribution in [0.4, 0.5) is 0 Å². The summed E-state index contributed by atoms with van der Waals surface area (Å²) in [6, 6.07) is 12.3. The molecule has 0 N–H and O–H groups in total. The number of hydrogen-bond donors (Lipinski definition) is 0. The van der Waals surface area contributed by atoms with Crippen LogP contribution in [0.5, 0.6) is 23.0 Å². The molecule has 0 saturated heterocycles. The molecule has 1 aliphatic rings. The van der Waals surface area contributed by atoms with Crippen LogP contribution in [0.1, 0.15) is 30.0 Å². The van der Waals surface area contributed by atoms with Crippen LogP contribution in [-0.4, -0.2) is 28.4 Å². The van der Waals surface area contributed by atoms with Gasteiger partial charge in [-0.2, -0.15) is 5.26 Å². The molecule has 0 bridgehead atoms. The first-order valence-corrected chi connectivity index (χ1v) is 9.69. The second-order valence-electron chi connectivity index (χ2n) is 7.30. The Morgan fingerprint density at radius 3 is 2.13 bits per heavy atom. The third kappa shape index (κ3) is 3.39. The second-order valence-corrected chi connectivity index (χ2v) is 7.30. The monoisotopic (exact) mass is 405 g/mol. The number of hydrogen-bond acceptors (Lipinski definition) is 5. The minimum atomic E-state index is -0.684. The molecule has 0 heterocycles. The van der Waals surface area contributed by atoms with Gasteiger partial charge in [-0.05, 0) is 71.9 Å². The van der Waals surface area contributed by atoms with Crippen molar-refractivity contribution in [3.05, 3.63) is 65.3 Å².